The molecule has 1 N–H and O–H groups in total. The standard InChI is InChI=1S/C18H26O5/c1-12-9-14(19)16(22-12)17(15-11-21-18(2,3)23-15)20-10-13-7-5-4-6-8-13/h4-8,12,14-17,19H,9-11H2,1-3H3/t12?,14-,15+,16-,17-/m1/s1. The van der Waals surface area contributed by atoms with Gasteiger partial charge in [-0.3, -0.25) is 0 Å². The molecule has 0 radical (unpaired) electrons. The molecule has 1 aromatic carbocycles. The third-order valence-electron chi connectivity index (χ3n) is 4.35. The first kappa shape index (κ1) is 16.9. The molecule has 2 aliphatic rings. The van der Waals surface area contributed by atoms with E-state index in [9.17, 15) is 5.11 Å². The summed E-state index contributed by atoms with van der Waals surface area (Å²) in [6, 6.07) is 9.97. The van der Waals surface area contributed by atoms with Crippen molar-refractivity contribution in [1.82, 2.24) is 0 Å². The molecule has 5 atom stereocenters. The summed E-state index contributed by atoms with van der Waals surface area (Å²) in [5, 5.41) is 10.3. The number of hydrogen-bond donors (Lipinski definition) is 1. The van der Waals surface area contributed by atoms with Crippen molar-refractivity contribution in [3.63, 3.8) is 0 Å². The molecule has 23 heavy (non-hydrogen) atoms. The lowest BCUT2D eigenvalue weighted by atomic mass is 10.0. The van der Waals surface area contributed by atoms with Gasteiger partial charge in [0.25, 0.3) is 0 Å². The molecule has 2 aliphatic heterocycles. The molecule has 3 rings (SSSR count). The van der Waals surface area contributed by atoms with E-state index in [1.54, 1.807) is 0 Å². The third kappa shape index (κ3) is 4.11. The molecule has 0 aliphatic carbocycles. The Hall–Kier alpha value is -0.980. The number of aliphatic hydroxyl groups is 1. The van der Waals surface area contributed by atoms with Crippen molar-refractivity contribution < 1.29 is 24.1 Å². The molecule has 2 saturated heterocycles. The van der Waals surface area contributed by atoms with E-state index in [0.717, 1.165) is 5.56 Å². The predicted octanol–water partition coefficient (Wildman–Crippen LogP) is 2.26. The topological polar surface area (TPSA) is 57.2 Å². The smallest absolute Gasteiger partial charge is 0.163 e. The number of hydrogen-bond acceptors (Lipinski definition) is 5. The summed E-state index contributed by atoms with van der Waals surface area (Å²) >= 11 is 0. The van der Waals surface area contributed by atoms with Crippen LogP contribution in [0, 0.1) is 0 Å². The third-order valence-corrected chi connectivity index (χ3v) is 4.35. The van der Waals surface area contributed by atoms with Gasteiger partial charge >= 0.3 is 0 Å². The molecular weight excluding hydrogens is 296 g/mol. The SMILES string of the molecule is CC1C[C@@H](O)[C@H]([C@H](OCc2ccccc2)[C@@H]2COC(C)(C)O2)O1. The van der Waals surface area contributed by atoms with Crippen LogP contribution in [0.15, 0.2) is 30.3 Å². The van der Waals surface area contributed by atoms with Gasteiger partial charge in [0.15, 0.2) is 5.79 Å². The van der Waals surface area contributed by atoms with Crippen LogP contribution in [0.2, 0.25) is 0 Å². The highest BCUT2D eigenvalue weighted by Gasteiger charge is 2.46. The van der Waals surface area contributed by atoms with Crippen molar-refractivity contribution in [2.45, 2.75) is 70.1 Å². The zero-order valence-electron chi connectivity index (χ0n) is 14.0. The van der Waals surface area contributed by atoms with Crippen LogP contribution in [0.25, 0.3) is 0 Å². The average molecular weight is 322 g/mol. The van der Waals surface area contributed by atoms with Gasteiger partial charge in [-0.25, -0.2) is 0 Å². The maximum absolute atomic E-state index is 10.3. The first-order chi connectivity index (χ1) is 10.9. The van der Waals surface area contributed by atoms with Gasteiger partial charge in [-0.2, -0.15) is 0 Å². The minimum atomic E-state index is -0.631. The lowest BCUT2D eigenvalue weighted by molar-refractivity contribution is -0.182. The molecule has 0 amide bonds. The molecule has 2 fully saturated rings. The monoisotopic (exact) mass is 322 g/mol. The van der Waals surface area contributed by atoms with Crippen molar-refractivity contribution in [2.75, 3.05) is 6.61 Å². The van der Waals surface area contributed by atoms with E-state index in [2.05, 4.69) is 0 Å². The molecule has 2 heterocycles. The molecule has 5 nitrogen and oxygen atoms in total. The normalized spacial score (nSPS) is 34.6. The zero-order valence-corrected chi connectivity index (χ0v) is 14.0. The van der Waals surface area contributed by atoms with Gasteiger partial charge in [0, 0.05) is 6.42 Å². The van der Waals surface area contributed by atoms with Crippen molar-refractivity contribution in [3.8, 4) is 0 Å². The van der Waals surface area contributed by atoms with E-state index in [0.29, 0.717) is 19.6 Å². The Kier molecular flexibility index (Phi) is 5.04. The largest absolute Gasteiger partial charge is 0.390 e. The fourth-order valence-electron chi connectivity index (χ4n) is 3.24. The first-order valence-electron chi connectivity index (χ1n) is 8.25. The van der Waals surface area contributed by atoms with Crippen LogP contribution in [0.3, 0.4) is 0 Å². The van der Waals surface area contributed by atoms with Crippen molar-refractivity contribution in [1.29, 1.82) is 0 Å². The summed E-state index contributed by atoms with van der Waals surface area (Å²) in [5.41, 5.74) is 1.08. The maximum atomic E-state index is 10.3. The fourth-order valence-corrected chi connectivity index (χ4v) is 3.24. The molecule has 0 bridgehead atoms. The second kappa shape index (κ2) is 6.87. The molecule has 0 spiro atoms. The molecule has 1 unspecified atom stereocenters. The van der Waals surface area contributed by atoms with Gasteiger partial charge in [0.2, 0.25) is 0 Å². The number of rotatable bonds is 5. The molecule has 0 aromatic heterocycles. The first-order valence-corrected chi connectivity index (χ1v) is 8.25. The van der Waals surface area contributed by atoms with E-state index in [-0.39, 0.29) is 18.3 Å². The van der Waals surface area contributed by atoms with Gasteiger partial charge in [0.1, 0.15) is 18.3 Å². The maximum Gasteiger partial charge on any atom is 0.163 e. The van der Waals surface area contributed by atoms with Gasteiger partial charge in [-0.15, -0.1) is 0 Å². The molecule has 5 heteroatoms. The quantitative estimate of drug-likeness (QED) is 0.901. The molecular formula is C18H26O5. The minimum absolute atomic E-state index is 0.0214. The van der Waals surface area contributed by atoms with Crippen LogP contribution in [-0.2, 0) is 25.6 Å². The Morgan fingerprint density at radius 1 is 1.30 bits per heavy atom. The Morgan fingerprint density at radius 3 is 2.61 bits per heavy atom. The second-order valence-electron chi connectivity index (χ2n) is 6.84. The van der Waals surface area contributed by atoms with Crippen molar-refractivity contribution >= 4 is 0 Å². The Bertz CT molecular complexity index is 503. The summed E-state index contributed by atoms with van der Waals surface area (Å²) in [4.78, 5) is 0. The highest BCUT2D eigenvalue weighted by Crippen LogP contribution is 2.32. The Labute approximate surface area is 137 Å². The number of benzene rings is 1. The van der Waals surface area contributed by atoms with Crippen molar-refractivity contribution in [3.05, 3.63) is 35.9 Å². The van der Waals surface area contributed by atoms with Gasteiger partial charge in [0.05, 0.1) is 25.4 Å². The molecule has 1 aromatic rings. The number of aliphatic hydroxyl groups excluding tert-OH is 1. The van der Waals surface area contributed by atoms with E-state index < -0.39 is 18.0 Å². The van der Waals surface area contributed by atoms with Crippen molar-refractivity contribution in [2.24, 2.45) is 0 Å². The Balaban J connectivity index is 1.71. The van der Waals surface area contributed by atoms with Gasteiger partial charge in [-0.05, 0) is 26.3 Å². The van der Waals surface area contributed by atoms with E-state index in [1.165, 1.54) is 0 Å². The highest BCUT2D eigenvalue weighted by atomic mass is 16.8. The summed E-state index contributed by atoms with van der Waals surface area (Å²) in [7, 11) is 0. The fraction of sp³-hybridized carbons (Fsp3) is 0.667. The lowest BCUT2D eigenvalue weighted by Crippen LogP contribution is -2.46. The van der Waals surface area contributed by atoms with E-state index in [1.807, 2.05) is 51.1 Å². The summed E-state index contributed by atoms with van der Waals surface area (Å²) in [6.45, 7) is 6.62. The average Bonchev–Trinajstić information content (AvgIpc) is 3.03. The molecule has 0 saturated carbocycles. The lowest BCUT2D eigenvalue weighted by Gasteiger charge is -2.30. The van der Waals surface area contributed by atoms with Crippen LogP contribution in [-0.4, -0.2) is 48.0 Å². The van der Waals surface area contributed by atoms with Crippen LogP contribution in [0.1, 0.15) is 32.8 Å². The highest BCUT2D eigenvalue weighted by molar-refractivity contribution is 5.13. The second-order valence-corrected chi connectivity index (χ2v) is 6.84. The van der Waals surface area contributed by atoms with Gasteiger partial charge < -0.3 is 24.1 Å². The van der Waals surface area contributed by atoms with Crippen LogP contribution in [0.4, 0.5) is 0 Å². The van der Waals surface area contributed by atoms with E-state index in [4.69, 9.17) is 18.9 Å². The van der Waals surface area contributed by atoms with E-state index >= 15 is 0 Å². The summed E-state index contributed by atoms with van der Waals surface area (Å²) < 4.78 is 23.6. The molecule has 128 valence electrons. The zero-order chi connectivity index (χ0) is 16.4. The van der Waals surface area contributed by atoms with Crippen LogP contribution in [0.5, 0.6) is 0 Å². The minimum Gasteiger partial charge on any atom is -0.390 e. The predicted molar refractivity (Wildman–Crippen MR) is 84.9 cm³/mol. The Morgan fingerprint density at radius 2 is 2.04 bits per heavy atom. The van der Waals surface area contributed by atoms with Gasteiger partial charge in [-0.1, -0.05) is 30.3 Å². The summed E-state index contributed by atoms with van der Waals surface area (Å²) in [5.74, 6) is -0.631. The number of ether oxygens (including phenoxy) is 4. The van der Waals surface area contributed by atoms with Crippen LogP contribution < -0.4 is 0 Å². The summed E-state index contributed by atoms with van der Waals surface area (Å²) in [6.07, 6.45) is -0.912. The van der Waals surface area contributed by atoms with Crippen LogP contribution >= 0.6 is 0 Å².